The first-order valence-corrected chi connectivity index (χ1v) is 7.31. The fourth-order valence-electron chi connectivity index (χ4n) is 2.21. The van der Waals surface area contributed by atoms with Gasteiger partial charge in [-0.05, 0) is 55.4 Å². The quantitative estimate of drug-likeness (QED) is 0.788. The number of benzene rings is 1. The Labute approximate surface area is 115 Å². The summed E-state index contributed by atoms with van der Waals surface area (Å²) < 4.78 is 0. The average molecular weight is 260 g/mol. The van der Waals surface area contributed by atoms with Gasteiger partial charge in [0.15, 0.2) is 0 Å². The number of nitrogens with one attached hydrogen (secondary N) is 2. The van der Waals surface area contributed by atoms with E-state index in [1.807, 2.05) is 24.3 Å². The normalized spacial score (nSPS) is 15.9. The maximum atomic E-state index is 12.0. The molecule has 0 atom stereocenters. The first kappa shape index (κ1) is 13.9. The highest BCUT2D eigenvalue weighted by molar-refractivity contribution is 5.94. The summed E-state index contributed by atoms with van der Waals surface area (Å²) in [5.74, 6) is 0.0433. The SMILES string of the molecule is CCCNc1ccc(C(=O)NCC2(CC)CC2)cc1. The summed E-state index contributed by atoms with van der Waals surface area (Å²) in [6.07, 6.45) is 4.77. The molecule has 3 heteroatoms. The molecule has 0 radical (unpaired) electrons. The minimum Gasteiger partial charge on any atom is -0.385 e. The molecule has 0 unspecified atom stereocenters. The monoisotopic (exact) mass is 260 g/mol. The van der Waals surface area contributed by atoms with Gasteiger partial charge in [-0.3, -0.25) is 4.79 Å². The average Bonchev–Trinajstić information content (AvgIpc) is 3.24. The molecule has 0 aromatic heterocycles. The van der Waals surface area contributed by atoms with E-state index >= 15 is 0 Å². The first-order chi connectivity index (χ1) is 9.19. The lowest BCUT2D eigenvalue weighted by molar-refractivity contribution is 0.0944. The molecule has 1 saturated carbocycles. The number of hydrogen-bond acceptors (Lipinski definition) is 2. The topological polar surface area (TPSA) is 41.1 Å². The number of anilines is 1. The van der Waals surface area contributed by atoms with Crippen LogP contribution >= 0.6 is 0 Å². The maximum Gasteiger partial charge on any atom is 0.251 e. The molecule has 1 fully saturated rings. The third kappa shape index (κ3) is 3.72. The second-order valence-electron chi connectivity index (χ2n) is 5.54. The number of carbonyl (C=O) groups is 1. The molecule has 0 heterocycles. The van der Waals surface area contributed by atoms with Gasteiger partial charge in [0.25, 0.3) is 5.91 Å². The van der Waals surface area contributed by atoms with E-state index in [1.165, 1.54) is 12.8 Å². The molecule has 2 N–H and O–H groups in total. The molecule has 19 heavy (non-hydrogen) atoms. The van der Waals surface area contributed by atoms with E-state index in [0.29, 0.717) is 5.41 Å². The van der Waals surface area contributed by atoms with Crippen molar-refractivity contribution in [2.24, 2.45) is 5.41 Å². The zero-order valence-electron chi connectivity index (χ0n) is 12.0. The molecule has 1 aromatic rings. The third-order valence-corrected chi connectivity index (χ3v) is 4.06. The van der Waals surface area contributed by atoms with Gasteiger partial charge in [-0.1, -0.05) is 13.8 Å². The Morgan fingerprint density at radius 2 is 1.89 bits per heavy atom. The molecule has 2 rings (SSSR count). The van der Waals surface area contributed by atoms with Gasteiger partial charge >= 0.3 is 0 Å². The molecular formula is C16H24N2O. The predicted octanol–water partition coefficient (Wildman–Crippen LogP) is 3.43. The smallest absolute Gasteiger partial charge is 0.251 e. The molecule has 0 aliphatic heterocycles. The molecule has 3 nitrogen and oxygen atoms in total. The zero-order valence-corrected chi connectivity index (χ0v) is 12.0. The molecule has 1 aliphatic carbocycles. The van der Waals surface area contributed by atoms with Crippen molar-refractivity contribution in [1.29, 1.82) is 0 Å². The molecular weight excluding hydrogens is 236 g/mol. The van der Waals surface area contributed by atoms with Crippen LogP contribution in [0.5, 0.6) is 0 Å². The summed E-state index contributed by atoms with van der Waals surface area (Å²) in [7, 11) is 0. The molecule has 0 bridgehead atoms. The van der Waals surface area contributed by atoms with Gasteiger partial charge in [0.05, 0.1) is 0 Å². The van der Waals surface area contributed by atoms with E-state index < -0.39 is 0 Å². The van der Waals surface area contributed by atoms with Crippen LogP contribution in [-0.4, -0.2) is 19.0 Å². The van der Waals surface area contributed by atoms with Gasteiger partial charge in [0.1, 0.15) is 0 Å². The highest BCUT2D eigenvalue weighted by atomic mass is 16.1. The van der Waals surface area contributed by atoms with Crippen LogP contribution < -0.4 is 10.6 Å². The Morgan fingerprint density at radius 1 is 1.21 bits per heavy atom. The van der Waals surface area contributed by atoms with E-state index in [2.05, 4.69) is 24.5 Å². The number of hydrogen-bond donors (Lipinski definition) is 2. The van der Waals surface area contributed by atoms with Crippen molar-refractivity contribution >= 4 is 11.6 Å². The Hall–Kier alpha value is -1.51. The van der Waals surface area contributed by atoms with Gasteiger partial charge in [-0.15, -0.1) is 0 Å². The fraction of sp³-hybridized carbons (Fsp3) is 0.562. The lowest BCUT2D eigenvalue weighted by Gasteiger charge is -2.13. The van der Waals surface area contributed by atoms with Crippen molar-refractivity contribution in [3.05, 3.63) is 29.8 Å². The van der Waals surface area contributed by atoms with Crippen LogP contribution in [0, 0.1) is 5.41 Å². The van der Waals surface area contributed by atoms with Crippen LogP contribution in [0.15, 0.2) is 24.3 Å². The predicted molar refractivity (Wildman–Crippen MR) is 79.5 cm³/mol. The fourth-order valence-corrected chi connectivity index (χ4v) is 2.21. The summed E-state index contributed by atoms with van der Waals surface area (Å²) in [6.45, 7) is 6.12. The second-order valence-corrected chi connectivity index (χ2v) is 5.54. The highest BCUT2D eigenvalue weighted by Crippen LogP contribution is 2.47. The Morgan fingerprint density at radius 3 is 2.42 bits per heavy atom. The summed E-state index contributed by atoms with van der Waals surface area (Å²) in [6, 6.07) is 7.71. The van der Waals surface area contributed by atoms with Crippen molar-refractivity contribution in [2.75, 3.05) is 18.4 Å². The van der Waals surface area contributed by atoms with Crippen LogP contribution in [-0.2, 0) is 0 Å². The third-order valence-electron chi connectivity index (χ3n) is 4.06. The zero-order chi connectivity index (χ0) is 13.7. The molecule has 1 aromatic carbocycles. The van der Waals surface area contributed by atoms with Crippen molar-refractivity contribution in [1.82, 2.24) is 5.32 Å². The summed E-state index contributed by atoms with van der Waals surface area (Å²) in [4.78, 5) is 12.0. The summed E-state index contributed by atoms with van der Waals surface area (Å²) in [5, 5.41) is 6.36. The largest absolute Gasteiger partial charge is 0.385 e. The minimum absolute atomic E-state index is 0.0433. The van der Waals surface area contributed by atoms with E-state index in [-0.39, 0.29) is 5.91 Å². The van der Waals surface area contributed by atoms with Crippen LogP contribution in [0.1, 0.15) is 49.9 Å². The number of carbonyl (C=O) groups excluding carboxylic acids is 1. The molecule has 0 spiro atoms. The number of rotatable bonds is 7. The van der Waals surface area contributed by atoms with E-state index in [4.69, 9.17) is 0 Å². The Kier molecular flexibility index (Phi) is 4.46. The second kappa shape index (κ2) is 6.09. The van der Waals surface area contributed by atoms with Crippen molar-refractivity contribution in [2.45, 2.75) is 39.5 Å². The molecule has 104 valence electrons. The Balaban J connectivity index is 1.85. The van der Waals surface area contributed by atoms with Gasteiger partial charge < -0.3 is 10.6 Å². The van der Waals surface area contributed by atoms with Crippen LogP contribution in [0.3, 0.4) is 0 Å². The van der Waals surface area contributed by atoms with Gasteiger partial charge in [0.2, 0.25) is 0 Å². The van der Waals surface area contributed by atoms with Gasteiger partial charge in [0, 0.05) is 24.3 Å². The summed E-state index contributed by atoms with van der Waals surface area (Å²) in [5.41, 5.74) is 2.22. The maximum absolute atomic E-state index is 12.0. The summed E-state index contributed by atoms with van der Waals surface area (Å²) >= 11 is 0. The van der Waals surface area contributed by atoms with Gasteiger partial charge in [-0.25, -0.2) is 0 Å². The van der Waals surface area contributed by atoms with Crippen molar-refractivity contribution < 1.29 is 4.79 Å². The molecule has 1 aliphatic rings. The van der Waals surface area contributed by atoms with Crippen molar-refractivity contribution in [3.8, 4) is 0 Å². The lowest BCUT2D eigenvalue weighted by atomic mass is 10.0. The van der Waals surface area contributed by atoms with E-state index in [9.17, 15) is 4.79 Å². The van der Waals surface area contributed by atoms with Crippen LogP contribution in [0.2, 0.25) is 0 Å². The van der Waals surface area contributed by atoms with Gasteiger partial charge in [-0.2, -0.15) is 0 Å². The van der Waals surface area contributed by atoms with E-state index in [0.717, 1.165) is 37.2 Å². The van der Waals surface area contributed by atoms with E-state index in [1.54, 1.807) is 0 Å². The molecule has 1 amide bonds. The molecule has 0 saturated heterocycles. The Bertz CT molecular complexity index is 421. The van der Waals surface area contributed by atoms with Crippen LogP contribution in [0.4, 0.5) is 5.69 Å². The van der Waals surface area contributed by atoms with Crippen molar-refractivity contribution in [3.63, 3.8) is 0 Å². The lowest BCUT2D eigenvalue weighted by Crippen LogP contribution is -2.29. The first-order valence-electron chi connectivity index (χ1n) is 7.31. The van der Waals surface area contributed by atoms with Crippen LogP contribution in [0.25, 0.3) is 0 Å². The highest BCUT2D eigenvalue weighted by Gasteiger charge is 2.40. The number of amides is 1. The minimum atomic E-state index is 0.0433. The standard InChI is InChI=1S/C16H24N2O/c1-3-11-17-14-7-5-13(6-8-14)15(19)18-12-16(4-2)9-10-16/h5-8,17H,3-4,9-12H2,1-2H3,(H,18,19).